The molecule has 1 N–H and O–H groups in total. The zero-order valence-electron chi connectivity index (χ0n) is 15.2. The van der Waals surface area contributed by atoms with Gasteiger partial charge in [-0.1, -0.05) is 23.7 Å². The molecule has 1 saturated heterocycles. The highest BCUT2D eigenvalue weighted by Crippen LogP contribution is 2.23. The van der Waals surface area contributed by atoms with Crippen LogP contribution in [0.1, 0.15) is 28.0 Å². The number of rotatable bonds is 5. The van der Waals surface area contributed by atoms with Gasteiger partial charge in [-0.2, -0.15) is 0 Å². The lowest BCUT2D eigenvalue weighted by Gasteiger charge is -2.15. The number of nitrogens with zero attached hydrogens (tertiary/aromatic N) is 2. The second kappa shape index (κ2) is 10.6. The summed E-state index contributed by atoms with van der Waals surface area (Å²) in [5.41, 5.74) is 2.86. The number of esters is 1. The van der Waals surface area contributed by atoms with Gasteiger partial charge in [-0.3, -0.25) is 14.7 Å². The molecule has 0 saturated carbocycles. The van der Waals surface area contributed by atoms with Gasteiger partial charge in [0.25, 0.3) is 6.47 Å². The number of carboxylic acid groups (broad SMARTS) is 1. The van der Waals surface area contributed by atoms with Crippen LogP contribution >= 0.6 is 11.6 Å². The van der Waals surface area contributed by atoms with Gasteiger partial charge < -0.3 is 9.84 Å². The number of methoxy groups -OCH3 is 1. The molecule has 144 valence electrons. The minimum atomic E-state index is -0.279. The van der Waals surface area contributed by atoms with Gasteiger partial charge in [-0.05, 0) is 55.1 Å². The van der Waals surface area contributed by atoms with Crippen LogP contribution in [0.4, 0.5) is 0 Å². The van der Waals surface area contributed by atoms with Crippen molar-refractivity contribution in [2.45, 2.75) is 19.4 Å². The number of ether oxygens (including phenoxy) is 1. The molecule has 27 heavy (non-hydrogen) atoms. The number of carbonyl (C=O) groups excluding carboxylic acids is 1. The van der Waals surface area contributed by atoms with E-state index in [0.717, 1.165) is 38.2 Å². The molecule has 0 radical (unpaired) electrons. The maximum absolute atomic E-state index is 11.6. The summed E-state index contributed by atoms with van der Waals surface area (Å²) in [5, 5.41) is 7.56. The Bertz CT molecular complexity index is 752. The van der Waals surface area contributed by atoms with Crippen LogP contribution in [0.3, 0.4) is 0 Å². The molecular weight excluding hydrogens is 368 g/mol. The van der Waals surface area contributed by atoms with Gasteiger partial charge in [-0.25, -0.2) is 4.79 Å². The zero-order chi connectivity index (χ0) is 19.6. The Morgan fingerprint density at radius 3 is 2.85 bits per heavy atom. The average molecular weight is 391 g/mol. The van der Waals surface area contributed by atoms with Crippen molar-refractivity contribution in [2.24, 2.45) is 5.92 Å². The zero-order valence-corrected chi connectivity index (χ0v) is 15.9. The maximum atomic E-state index is 11.6. The highest BCUT2D eigenvalue weighted by Gasteiger charge is 2.23. The molecule has 3 rings (SSSR count). The predicted molar refractivity (Wildman–Crippen MR) is 103 cm³/mol. The Balaban J connectivity index is 0.000000817. The number of halogens is 1. The van der Waals surface area contributed by atoms with Crippen LogP contribution in [0.2, 0.25) is 5.02 Å². The largest absolute Gasteiger partial charge is 0.483 e. The molecule has 1 aromatic carbocycles. The van der Waals surface area contributed by atoms with Crippen molar-refractivity contribution in [1.29, 1.82) is 0 Å². The summed E-state index contributed by atoms with van der Waals surface area (Å²) < 4.78 is 4.79. The summed E-state index contributed by atoms with van der Waals surface area (Å²) in [6.07, 6.45) is 3.84. The van der Waals surface area contributed by atoms with E-state index >= 15 is 0 Å². The maximum Gasteiger partial charge on any atom is 0.337 e. The normalized spacial score (nSPS) is 16.3. The fourth-order valence-electron chi connectivity index (χ4n) is 3.23. The van der Waals surface area contributed by atoms with E-state index in [1.807, 2.05) is 24.3 Å². The smallest absolute Gasteiger partial charge is 0.337 e. The first kappa shape index (κ1) is 20.9. The molecule has 0 bridgehead atoms. The summed E-state index contributed by atoms with van der Waals surface area (Å²) in [5.74, 6) is 0.323. The molecule has 0 aliphatic carbocycles. The second-order valence-electron chi connectivity index (χ2n) is 6.36. The SMILES string of the molecule is COC(=O)c1cccc(CC2CCN(Cc3ccc(Cl)cn3)C2)c1.O=CO. The number of hydrogen-bond donors (Lipinski definition) is 1. The molecule has 2 aromatic rings. The van der Waals surface area contributed by atoms with Crippen LogP contribution in [0.5, 0.6) is 0 Å². The average Bonchev–Trinajstić information content (AvgIpc) is 3.10. The predicted octanol–water partition coefficient (Wildman–Crippen LogP) is 3.29. The van der Waals surface area contributed by atoms with E-state index in [-0.39, 0.29) is 12.4 Å². The first-order valence-corrected chi connectivity index (χ1v) is 9.01. The molecular formula is C20H23ClN2O4. The highest BCUT2D eigenvalue weighted by atomic mass is 35.5. The Morgan fingerprint density at radius 1 is 1.41 bits per heavy atom. The van der Waals surface area contributed by atoms with Gasteiger partial charge in [-0.15, -0.1) is 0 Å². The molecule has 1 fully saturated rings. The second-order valence-corrected chi connectivity index (χ2v) is 6.80. The van der Waals surface area contributed by atoms with Crippen molar-refractivity contribution in [2.75, 3.05) is 20.2 Å². The van der Waals surface area contributed by atoms with E-state index in [1.54, 1.807) is 12.3 Å². The van der Waals surface area contributed by atoms with E-state index in [0.29, 0.717) is 16.5 Å². The minimum absolute atomic E-state index is 0.250. The van der Waals surface area contributed by atoms with Crippen molar-refractivity contribution in [3.8, 4) is 0 Å². The molecule has 1 aliphatic heterocycles. The molecule has 2 heterocycles. The Kier molecular flexibility index (Phi) is 8.23. The third-order valence-corrected chi connectivity index (χ3v) is 4.64. The van der Waals surface area contributed by atoms with Gasteiger partial charge in [0.1, 0.15) is 0 Å². The number of pyridine rings is 1. The molecule has 1 atom stereocenters. The number of likely N-dealkylation sites (tertiary alicyclic amines) is 1. The van der Waals surface area contributed by atoms with E-state index < -0.39 is 0 Å². The van der Waals surface area contributed by atoms with E-state index in [4.69, 9.17) is 26.2 Å². The van der Waals surface area contributed by atoms with Crippen LogP contribution in [0.15, 0.2) is 42.6 Å². The number of hydrogen-bond acceptors (Lipinski definition) is 5. The van der Waals surface area contributed by atoms with Crippen LogP contribution in [-0.4, -0.2) is 47.6 Å². The molecule has 0 amide bonds. The molecule has 1 unspecified atom stereocenters. The first-order valence-electron chi connectivity index (χ1n) is 8.63. The molecule has 0 spiro atoms. The van der Waals surface area contributed by atoms with E-state index in [9.17, 15) is 4.79 Å². The van der Waals surface area contributed by atoms with Crippen molar-refractivity contribution in [3.05, 3.63) is 64.4 Å². The van der Waals surface area contributed by atoms with Crippen molar-refractivity contribution in [3.63, 3.8) is 0 Å². The topological polar surface area (TPSA) is 79.7 Å². The summed E-state index contributed by atoms with van der Waals surface area (Å²) in [4.78, 5) is 26.8. The minimum Gasteiger partial charge on any atom is -0.483 e. The fraction of sp³-hybridized carbons (Fsp3) is 0.350. The van der Waals surface area contributed by atoms with Crippen molar-refractivity contribution in [1.82, 2.24) is 9.88 Å². The lowest BCUT2D eigenvalue weighted by molar-refractivity contribution is -0.122. The molecule has 6 nitrogen and oxygen atoms in total. The van der Waals surface area contributed by atoms with Crippen LogP contribution in [-0.2, 0) is 22.5 Å². The van der Waals surface area contributed by atoms with Gasteiger partial charge in [0.15, 0.2) is 0 Å². The fourth-order valence-corrected chi connectivity index (χ4v) is 3.34. The van der Waals surface area contributed by atoms with Crippen LogP contribution < -0.4 is 0 Å². The van der Waals surface area contributed by atoms with E-state index in [2.05, 4.69) is 16.0 Å². The lowest BCUT2D eigenvalue weighted by atomic mass is 9.97. The third-order valence-electron chi connectivity index (χ3n) is 4.42. The van der Waals surface area contributed by atoms with Crippen molar-refractivity contribution >= 4 is 24.0 Å². The first-order chi connectivity index (χ1) is 13.0. The van der Waals surface area contributed by atoms with Crippen LogP contribution in [0, 0.1) is 5.92 Å². The highest BCUT2D eigenvalue weighted by molar-refractivity contribution is 6.30. The molecule has 7 heteroatoms. The summed E-state index contributed by atoms with van der Waals surface area (Å²) in [6, 6.07) is 11.6. The summed E-state index contributed by atoms with van der Waals surface area (Å²) in [7, 11) is 1.41. The van der Waals surface area contributed by atoms with Gasteiger partial charge in [0, 0.05) is 19.3 Å². The quantitative estimate of drug-likeness (QED) is 0.623. The number of aromatic nitrogens is 1. The summed E-state index contributed by atoms with van der Waals surface area (Å²) >= 11 is 5.88. The Labute approximate surface area is 163 Å². The Hall–Kier alpha value is -2.44. The standard InChI is InChI=1S/C19H21ClN2O2.CH2O2/c1-24-19(23)16-4-2-3-14(10-16)9-15-7-8-22(12-15)13-18-6-5-17(20)11-21-18;2-1-3/h2-6,10-11,15H,7-9,12-13H2,1H3;1H,(H,2,3). The molecule has 1 aromatic heterocycles. The lowest BCUT2D eigenvalue weighted by Crippen LogP contribution is -2.21. The van der Waals surface area contributed by atoms with Gasteiger partial charge >= 0.3 is 5.97 Å². The van der Waals surface area contributed by atoms with E-state index in [1.165, 1.54) is 12.7 Å². The number of carbonyl (C=O) groups is 2. The van der Waals surface area contributed by atoms with Gasteiger partial charge in [0.05, 0.1) is 23.4 Å². The summed E-state index contributed by atoms with van der Waals surface area (Å²) in [6.45, 7) is 2.73. The Morgan fingerprint density at radius 2 is 2.19 bits per heavy atom. The van der Waals surface area contributed by atoms with Gasteiger partial charge in [0.2, 0.25) is 0 Å². The molecule has 1 aliphatic rings. The third kappa shape index (κ3) is 6.66. The van der Waals surface area contributed by atoms with Crippen molar-refractivity contribution < 1.29 is 19.4 Å². The monoisotopic (exact) mass is 390 g/mol. The van der Waals surface area contributed by atoms with Crippen LogP contribution in [0.25, 0.3) is 0 Å². The number of benzene rings is 1.